The molecule has 0 amide bonds. The first-order chi connectivity index (χ1) is 13.1. The van der Waals surface area contributed by atoms with E-state index < -0.39 is 10.0 Å². The van der Waals surface area contributed by atoms with E-state index in [4.69, 9.17) is 4.98 Å². The van der Waals surface area contributed by atoms with Gasteiger partial charge < -0.3 is 4.90 Å². The van der Waals surface area contributed by atoms with Crippen LogP contribution < -0.4 is 9.62 Å². The summed E-state index contributed by atoms with van der Waals surface area (Å²) in [4.78, 5) is 11.9. The van der Waals surface area contributed by atoms with Crippen molar-refractivity contribution in [1.82, 2.24) is 14.7 Å². The third-order valence-corrected chi connectivity index (χ3v) is 6.41. The predicted octanol–water partition coefficient (Wildman–Crippen LogP) is 3.20. The van der Waals surface area contributed by atoms with Crippen LogP contribution in [0.2, 0.25) is 0 Å². The van der Waals surface area contributed by atoms with Crippen LogP contribution in [0.4, 0.5) is 5.82 Å². The highest BCUT2D eigenvalue weighted by molar-refractivity contribution is 7.89. The first-order valence-corrected chi connectivity index (χ1v) is 10.6. The normalized spacial score (nSPS) is 15.2. The van der Waals surface area contributed by atoms with Gasteiger partial charge in [-0.15, -0.1) is 0 Å². The number of sulfonamides is 1. The summed E-state index contributed by atoms with van der Waals surface area (Å²) in [5.74, 6) is 0.926. The number of aromatic nitrogens is 2. The number of nitrogens with zero attached hydrogens (tertiary/aromatic N) is 3. The second-order valence-corrected chi connectivity index (χ2v) is 8.60. The van der Waals surface area contributed by atoms with Crippen LogP contribution in [0, 0.1) is 0 Å². The van der Waals surface area contributed by atoms with E-state index in [9.17, 15) is 8.42 Å². The number of hydrogen-bond acceptors (Lipinski definition) is 5. The Morgan fingerprint density at radius 1 is 0.926 bits per heavy atom. The molecular weight excluding hydrogens is 360 g/mol. The van der Waals surface area contributed by atoms with Crippen LogP contribution in [0.3, 0.4) is 0 Å². The molecule has 1 aliphatic heterocycles. The Labute approximate surface area is 159 Å². The molecule has 1 saturated heterocycles. The summed E-state index contributed by atoms with van der Waals surface area (Å²) in [6, 6.07) is 12.8. The third-order valence-electron chi connectivity index (χ3n) is 4.98. The monoisotopic (exact) mass is 382 g/mol. The molecule has 2 aromatic carbocycles. The van der Waals surface area contributed by atoms with E-state index in [1.54, 1.807) is 12.1 Å². The van der Waals surface area contributed by atoms with Crippen molar-refractivity contribution >= 4 is 26.9 Å². The highest BCUT2D eigenvalue weighted by Gasteiger charge is 2.14. The average Bonchev–Trinajstić information content (AvgIpc) is 2.73. The highest BCUT2D eigenvalue weighted by atomic mass is 32.2. The Hall–Kier alpha value is -2.51. The number of rotatable bonds is 4. The van der Waals surface area contributed by atoms with Crippen molar-refractivity contribution in [2.75, 3.05) is 25.0 Å². The lowest BCUT2D eigenvalue weighted by molar-refractivity contribution is 0.573. The standard InChI is InChI=1S/C20H22N4O2S/c1-21-27(25,26)17-8-5-15(6-9-17)16-7-10-18-19(13-16)23-20(14-22-18)24-11-3-2-4-12-24/h5-10,13-14,21H,2-4,11-12H2,1H3. The molecule has 3 aromatic rings. The molecule has 27 heavy (non-hydrogen) atoms. The minimum atomic E-state index is -3.43. The molecule has 7 heteroatoms. The second-order valence-electron chi connectivity index (χ2n) is 6.71. The van der Waals surface area contributed by atoms with Crippen LogP contribution in [0.1, 0.15) is 19.3 Å². The third kappa shape index (κ3) is 3.65. The molecular formula is C20H22N4O2S. The van der Waals surface area contributed by atoms with E-state index in [0.29, 0.717) is 0 Å². The van der Waals surface area contributed by atoms with Gasteiger partial charge in [-0.25, -0.2) is 18.1 Å². The van der Waals surface area contributed by atoms with Gasteiger partial charge in [0, 0.05) is 13.1 Å². The Kier molecular flexibility index (Phi) is 4.80. The molecule has 0 radical (unpaired) electrons. The Morgan fingerprint density at radius 3 is 2.33 bits per heavy atom. The van der Waals surface area contributed by atoms with Crippen LogP contribution in [0.15, 0.2) is 53.6 Å². The molecule has 0 saturated carbocycles. The fraction of sp³-hybridized carbons (Fsp3) is 0.300. The minimum Gasteiger partial charge on any atom is -0.355 e. The fourth-order valence-electron chi connectivity index (χ4n) is 3.40. The van der Waals surface area contributed by atoms with Gasteiger partial charge in [-0.05, 0) is 61.7 Å². The first kappa shape index (κ1) is 17.9. The zero-order valence-corrected chi connectivity index (χ0v) is 16.0. The van der Waals surface area contributed by atoms with Gasteiger partial charge in [-0.3, -0.25) is 4.98 Å². The van der Waals surface area contributed by atoms with Crippen LogP contribution >= 0.6 is 0 Å². The van der Waals surface area contributed by atoms with Gasteiger partial charge in [-0.1, -0.05) is 18.2 Å². The van der Waals surface area contributed by atoms with Crippen molar-refractivity contribution in [1.29, 1.82) is 0 Å². The summed E-state index contributed by atoms with van der Waals surface area (Å²) < 4.78 is 26.1. The molecule has 0 atom stereocenters. The first-order valence-electron chi connectivity index (χ1n) is 9.12. The van der Waals surface area contributed by atoms with Crippen LogP contribution in [-0.2, 0) is 10.0 Å². The maximum atomic E-state index is 11.9. The van der Waals surface area contributed by atoms with Gasteiger partial charge in [0.1, 0.15) is 5.82 Å². The smallest absolute Gasteiger partial charge is 0.240 e. The highest BCUT2D eigenvalue weighted by Crippen LogP contribution is 2.26. The summed E-state index contributed by atoms with van der Waals surface area (Å²) in [5, 5.41) is 0. The van der Waals surface area contributed by atoms with Crippen molar-refractivity contribution in [3.63, 3.8) is 0 Å². The molecule has 0 bridgehead atoms. The number of hydrogen-bond donors (Lipinski definition) is 1. The summed E-state index contributed by atoms with van der Waals surface area (Å²) in [6.07, 6.45) is 5.52. The van der Waals surface area contributed by atoms with E-state index in [-0.39, 0.29) is 4.90 Å². The van der Waals surface area contributed by atoms with Crippen molar-refractivity contribution in [3.05, 3.63) is 48.7 Å². The lowest BCUT2D eigenvalue weighted by atomic mass is 10.1. The van der Waals surface area contributed by atoms with Gasteiger partial charge in [0.15, 0.2) is 0 Å². The summed E-state index contributed by atoms with van der Waals surface area (Å²) >= 11 is 0. The molecule has 0 aliphatic carbocycles. The van der Waals surface area contributed by atoms with Crippen molar-refractivity contribution < 1.29 is 8.42 Å². The minimum absolute atomic E-state index is 0.252. The Bertz CT molecular complexity index is 1060. The van der Waals surface area contributed by atoms with Crippen LogP contribution in [-0.4, -0.2) is 38.5 Å². The summed E-state index contributed by atoms with van der Waals surface area (Å²) in [6.45, 7) is 2.06. The number of anilines is 1. The number of fused-ring (bicyclic) bond motifs is 1. The topological polar surface area (TPSA) is 75.2 Å². The Morgan fingerprint density at radius 2 is 1.63 bits per heavy atom. The molecule has 4 rings (SSSR count). The molecule has 2 heterocycles. The predicted molar refractivity (Wildman–Crippen MR) is 107 cm³/mol. The molecule has 1 aliphatic rings. The van der Waals surface area contributed by atoms with E-state index in [1.165, 1.54) is 26.3 Å². The number of piperidine rings is 1. The van der Waals surface area contributed by atoms with Gasteiger partial charge >= 0.3 is 0 Å². The Balaban J connectivity index is 1.67. The molecule has 0 spiro atoms. The van der Waals surface area contributed by atoms with E-state index >= 15 is 0 Å². The zero-order chi connectivity index (χ0) is 18.9. The molecule has 1 N–H and O–H groups in total. The van der Waals surface area contributed by atoms with Crippen LogP contribution in [0.25, 0.3) is 22.2 Å². The van der Waals surface area contributed by atoms with Crippen molar-refractivity contribution in [2.45, 2.75) is 24.2 Å². The average molecular weight is 382 g/mol. The van der Waals surface area contributed by atoms with Gasteiger partial charge in [0.05, 0.1) is 22.1 Å². The molecule has 1 aromatic heterocycles. The van der Waals surface area contributed by atoms with E-state index in [0.717, 1.165) is 41.1 Å². The largest absolute Gasteiger partial charge is 0.355 e. The van der Waals surface area contributed by atoms with Gasteiger partial charge in [0.2, 0.25) is 10.0 Å². The van der Waals surface area contributed by atoms with Gasteiger partial charge in [0.25, 0.3) is 0 Å². The second kappa shape index (κ2) is 7.25. The lowest BCUT2D eigenvalue weighted by Crippen LogP contribution is -2.30. The molecule has 1 fully saturated rings. The van der Waals surface area contributed by atoms with Crippen LogP contribution in [0.5, 0.6) is 0 Å². The quantitative estimate of drug-likeness (QED) is 0.750. The van der Waals surface area contributed by atoms with Crippen molar-refractivity contribution in [3.8, 4) is 11.1 Å². The maximum Gasteiger partial charge on any atom is 0.240 e. The summed E-state index contributed by atoms with van der Waals surface area (Å²) in [7, 11) is -2.02. The van der Waals surface area contributed by atoms with Gasteiger partial charge in [-0.2, -0.15) is 0 Å². The SMILES string of the molecule is CNS(=O)(=O)c1ccc(-c2ccc3ncc(N4CCCCC4)nc3c2)cc1. The van der Waals surface area contributed by atoms with E-state index in [1.807, 2.05) is 36.5 Å². The molecule has 0 unspecified atom stereocenters. The van der Waals surface area contributed by atoms with E-state index in [2.05, 4.69) is 14.6 Å². The summed E-state index contributed by atoms with van der Waals surface area (Å²) in [5.41, 5.74) is 3.63. The molecule has 6 nitrogen and oxygen atoms in total. The lowest BCUT2D eigenvalue weighted by Gasteiger charge is -2.27. The molecule has 140 valence electrons. The fourth-order valence-corrected chi connectivity index (χ4v) is 4.13. The zero-order valence-electron chi connectivity index (χ0n) is 15.2. The van der Waals surface area contributed by atoms with Crippen molar-refractivity contribution in [2.24, 2.45) is 0 Å². The number of benzene rings is 2. The number of nitrogens with one attached hydrogen (secondary N) is 1. The maximum absolute atomic E-state index is 11.9.